The fraction of sp³-hybridized carbons (Fsp3) is 0.226. The SMILES string of the molecule is Cc1cc(C)c(C2C(C#N)=C(N)N(c3ccccc3F)C3=C2C(=O)CCC3)cc1COc1ccccc1Cl. The Kier molecular flexibility index (Phi) is 6.96. The van der Waals surface area contributed by atoms with E-state index in [4.69, 9.17) is 22.1 Å². The van der Waals surface area contributed by atoms with Gasteiger partial charge in [-0.25, -0.2) is 4.39 Å². The molecule has 0 radical (unpaired) electrons. The van der Waals surface area contributed by atoms with Crippen molar-refractivity contribution in [2.45, 2.75) is 45.6 Å². The van der Waals surface area contributed by atoms with Gasteiger partial charge in [0.15, 0.2) is 5.78 Å². The number of carbonyl (C=O) groups is 1. The van der Waals surface area contributed by atoms with Crippen molar-refractivity contribution in [2.75, 3.05) is 4.90 Å². The Morgan fingerprint density at radius 3 is 2.58 bits per heavy atom. The van der Waals surface area contributed by atoms with Crippen LogP contribution in [0.5, 0.6) is 5.75 Å². The monoisotopic (exact) mass is 527 g/mol. The second-order valence-electron chi connectivity index (χ2n) is 9.62. The number of allylic oxidation sites excluding steroid dienone is 3. The van der Waals surface area contributed by atoms with Crippen molar-refractivity contribution in [3.8, 4) is 11.8 Å². The third kappa shape index (κ3) is 4.44. The van der Waals surface area contributed by atoms with E-state index in [-0.39, 0.29) is 29.5 Å². The number of ketones is 1. The molecule has 1 heterocycles. The number of hydrogen-bond acceptors (Lipinski definition) is 5. The van der Waals surface area contributed by atoms with Crippen LogP contribution in [0.15, 0.2) is 83.3 Å². The quantitative estimate of drug-likeness (QED) is 0.387. The summed E-state index contributed by atoms with van der Waals surface area (Å²) in [7, 11) is 0. The summed E-state index contributed by atoms with van der Waals surface area (Å²) in [4.78, 5) is 15.0. The minimum absolute atomic E-state index is 0.0494. The Bertz CT molecular complexity index is 1550. The summed E-state index contributed by atoms with van der Waals surface area (Å²) < 4.78 is 20.9. The number of Topliss-reactive ketones (excluding diaryl/α,β-unsaturated/α-hetero) is 1. The number of nitrogens with zero attached hydrogens (tertiary/aromatic N) is 2. The lowest BCUT2D eigenvalue weighted by Gasteiger charge is -2.40. The van der Waals surface area contributed by atoms with Gasteiger partial charge in [0.05, 0.1) is 28.3 Å². The summed E-state index contributed by atoms with van der Waals surface area (Å²) in [5, 5.41) is 10.8. The van der Waals surface area contributed by atoms with Gasteiger partial charge in [-0.15, -0.1) is 0 Å². The molecule has 5 nitrogen and oxygen atoms in total. The van der Waals surface area contributed by atoms with Crippen LogP contribution in [0.2, 0.25) is 5.02 Å². The molecule has 1 aliphatic heterocycles. The standard InChI is InChI=1S/C31H27ClFN3O2/c1-18-14-19(2)21(15-20(18)17-38-28-13-6-3-8-23(28)32)29-22(16-34)31(35)36(25-10-5-4-9-24(25)33)26-11-7-12-27(37)30(26)29/h3-6,8-10,13-15,29H,7,11-12,17,35H2,1-2H3. The number of nitrogens with two attached hydrogens (primary N) is 1. The molecular weight excluding hydrogens is 501 g/mol. The number of rotatable bonds is 5. The van der Waals surface area contributed by atoms with Crippen molar-refractivity contribution >= 4 is 23.1 Å². The zero-order valence-electron chi connectivity index (χ0n) is 21.2. The number of nitriles is 1. The van der Waals surface area contributed by atoms with Crippen LogP contribution >= 0.6 is 11.6 Å². The smallest absolute Gasteiger partial charge is 0.161 e. The van der Waals surface area contributed by atoms with E-state index < -0.39 is 11.7 Å². The molecule has 2 N–H and O–H groups in total. The van der Waals surface area contributed by atoms with Gasteiger partial charge in [0.25, 0.3) is 0 Å². The molecule has 2 aliphatic rings. The first-order valence-electron chi connectivity index (χ1n) is 12.5. The van der Waals surface area contributed by atoms with E-state index >= 15 is 0 Å². The maximum atomic E-state index is 14.9. The summed E-state index contributed by atoms with van der Waals surface area (Å²) in [6, 6.07) is 19.8. The summed E-state index contributed by atoms with van der Waals surface area (Å²) in [5.74, 6) is -0.452. The number of carbonyl (C=O) groups excluding carboxylic acids is 1. The number of halogens is 2. The molecule has 3 aromatic carbocycles. The van der Waals surface area contributed by atoms with Crippen molar-refractivity contribution < 1.29 is 13.9 Å². The normalized spacial score (nSPS) is 17.4. The fourth-order valence-electron chi connectivity index (χ4n) is 5.41. The first-order valence-corrected chi connectivity index (χ1v) is 12.9. The lowest BCUT2D eigenvalue weighted by Crippen LogP contribution is -2.39. The van der Waals surface area contributed by atoms with Crippen LogP contribution in [0.3, 0.4) is 0 Å². The third-order valence-electron chi connectivity index (χ3n) is 7.26. The average molecular weight is 528 g/mol. The molecule has 0 saturated carbocycles. The van der Waals surface area contributed by atoms with Gasteiger partial charge in [0.2, 0.25) is 0 Å². The number of aryl methyl sites for hydroxylation is 2. The molecule has 38 heavy (non-hydrogen) atoms. The lowest BCUT2D eigenvalue weighted by atomic mass is 9.74. The third-order valence-corrected chi connectivity index (χ3v) is 7.57. The molecular formula is C31H27ClFN3O2. The van der Waals surface area contributed by atoms with Gasteiger partial charge in [-0.05, 0) is 73.2 Å². The minimum Gasteiger partial charge on any atom is -0.487 e. The van der Waals surface area contributed by atoms with Crippen LogP contribution in [0.1, 0.15) is 47.4 Å². The van der Waals surface area contributed by atoms with E-state index in [1.807, 2.05) is 38.1 Å². The largest absolute Gasteiger partial charge is 0.487 e. The topological polar surface area (TPSA) is 79.4 Å². The Morgan fingerprint density at radius 2 is 1.84 bits per heavy atom. The molecule has 1 unspecified atom stereocenters. The molecule has 5 rings (SSSR count). The highest BCUT2D eigenvalue weighted by Crippen LogP contribution is 2.47. The van der Waals surface area contributed by atoms with Gasteiger partial charge in [-0.1, -0.05) is 48.0 Å². The van der Waals surface area contributed by atoms with Crippen molar-refractivity contribution in [3.05, 3.63) is 116 Å². The molecule has 1 atom stereocenters. The van der Waals surface area contributed by atoms with E-state index in [0.29, 0.717) is 41.3 Å². The van der Waals surface area contributed by atoms with Crippen LogP contribution in [-0.4, -0.2) is 5.78 Å². The fourth-order valence-corrected chi connectivity index (χ4v) is 5.60. The highest BCUT2D eigenvalue weighted by Gasteiger charge is 2.41. The predicted molar refractivity (Wildman–Crippen MR) is 146 cm³/mol. The number of ether oxygens (including phenoxy) is 1. The van der Waals surface area contributed by atoms with Crippen LogP contribution in [0.25, 0.3) is 0 Å². The van der Waals surface area contributed by atoms with Crippen LogP contribution < -0.4 is 15.4 Å². The van der Waals surface area contributed by atoms with Crippen molar-refractivity contribution in [3.63, 3.8) is 0 Å². The zero-order valence-corrected chi connectivity index (χ0v) is 22.0. The summed E-state index contributed by atoms with van der Waals surface area (Å²) >= 11 is 6.27. The highest BCUT2D eigenvalue weighted by atomic mass is 35.5. The molecule has 0 bridgehead atoms. The first kappa shape index (κ1) is 25.6. The maximum absolute atomic E-state index is 14.9. The molecule has 192 valence electrons. The molecule has 0 aromatic heterocycles. The van der Waals surface area contributed by atoms with Gasteiger partial charge < -0.3 is 10.5 Å². The van der Waals surface area contributed by atoms with E-state index in [0.717, 1.165) is 22.3 Å². The molecule has 0 amide bonds. The van der Waals surface area contributed by atoms with E-state index in [1.54, 1.807) is 35.2 Å². The Hall–Kier alpha value is -4.08. The van der Waals surface area contributed by atoms with Gasteiger partial charge >= 0.3 is 0 Å². The average Bonchev–Trinajstić information content (AvgIpc) is 2.89. The molecule has 7 heteroatoms. The van der Waals surface area contributed by atoms with Crippen LogP contribution in [0, 0.1) is 31.0 Å². The van der Waals surface area contributed by atoms with Crippen molar-refractivity contribution in [2.24, 2.45) is 5.73 Å². The summed E-state index contributed by atoms with van der Waals surface area (Å²) in [6.07, 6.45) is 1.56. The number of para-hydroxylation sites is 2. The Labute approximate surface area is 226 Å². The molecule has 3 aromatic rings. The number of hydrogen-bond donors (Lipinski definition) is 1. The maximum Gasteiger partial charge on any atom is 0.161 e. The molecule has 1 aliphatic carbocycles. The molecule has 0 fully saturated rings. The second-order valence-corrected chi connectivity index (χ2v) is 10.0. The van der Waals surface area contributed by atoms with Gasteiger partial charge in [0, 0.05) is 17.7 Å². The highest BCUT2D eigenvalue weighted by molar-refractivity contribution is 6.32. The van der Waals surface area contributed by atoms with Gasteiger partial charge in [-0.3, -0.25) is 9.69 Å². The Morgan fingerprint density at radius 1 is 1.11 bits per heavy atom. The molecule has 0 spiro atoms. The van der Waals surface area contributed by atoms with E-state index in [2.05, 4.69) is 6.07 Å². The zero-order chi connectivity index (χ0) is 27.0. The number of benzene rings is 3. The van der Waals surface area contributed by atoms with Crippen LogP contribution in [0.4, 0.5) is 10.1 Å². The number of anilines is 1. The van der Waals surface area contributed by atoms with Crippen LogP contribution in [-0.2, 0) is 11.4 Å². The van der Waals surface area contributed by atoms with Gasteiger partial charge in [0.1, 0.15) is 24.0 Å². The van der Waals surface area contributed by atoms with Crippen molar-refractivity contribution in [1.29, 1.82) is 5.26 Å². The Balaban J connectivity index is 1.65. The minimum atomic E-state index is -0.648. The first-order chi connectivity index (χ1) is 18.3. The second kappa shape index (κ2) is 10.4. The lowest BCUT2D eigenvalue weighted by molar-refractivity contribution is -0.116. The summed E-state index contributed by atoms with van der Waals surface area (Å²) in [6.45, 7) is 4.22. The van der Waals surface area contributed by atoms with E-state index in [9.17, 15) is 14.4 Å². The van der Waals surface area contributed by atoms with Crippen molar-refractivity contribution in [1.82, 2.24) is 0 Å². The predicted octanol–water partition coefficient (Wildman–Crippen LogP) is 6.98. The van der Waals surface area contributed by atoms with Gasteiger partial charge in [-0.2, -0.15) is 5.26 Å². The molecule has 0 saturated heterocycles. The van der Waals surface area contributed by atoms with E-state index in [1.165, 1.54) is 6.07 Å². The summed E-state index contributed by atoms with van der Waals surface area (Å²) in [5.41, 5.74) is 11.9.